The molecule has 3 amide bonds. The SMILES string of the molecule is CCN(CC)c1ccc(NC(=O)C2N([C@@H](CO)CC(C)C)C(=O)[C@@H]3[C@H](C(=O)Nc4ccccc4)[C@H]4OC23CC4Br)cc1. The lowest BCUT2D eigenvalue weighted by atomic mass is 9.70. The maximum Gasteiger partial charge on any atom is 0.250 e. The van der Waals surface area contributed by atoms with Gasteiger partial charge in [-0.2, -0.15) is 0 Å². The van der Waals surface area contributed by atoms with Crippen LogP contribution in [0.3, 0.4) is 0 Å². The van der Waals surface area contributed by atoms with Gasteiger partial charge in [0.05, 0.1) is 30.6 Å². The summed E-state index contributed by atoms with van der Waals surface area (Å²) in [7, 11) is 0. The number of ether oxygens (including phenoxy) is 1. The normalized spacial score (nSPS) is 28.6. The number of anilines is 3. The Bertz CT molecular complexity index is 1290. The lowest BCUT2D eigenvalue weighted by Crippen LogP contribution is -2.56. The number of carbonyl (C=O) groups is 3. The van der Waals surface area contributed by atoms with Gasteiger partial charge in [-0.3, -0.25) is 14.4 Å². The molecule has 2 bridgehead atoms. The van der Waals surface area contributed by atoms with E-state index in [-0.39, 0.29) is 35.1 Å². The van der Waals surface area contributed by atoms with E-state index in [1.807, 2.05) is 56.3 Å². The van der Waals surface area contributed by atoms with E-state index in [0.29, 0.717) is 24.2 Å². The Morgan fingerprint density at radius 2 is 1.67 bits per heavy atom. The van der Waals surface area contributed by atoms with Crippen LogP contribution in [0.1, 0.15) is 40.5 Å². The second-order valence-electron chi connectivity index (χ2n) is 11.9. The first-order chi connectivity index (χ1) is 20.1. The van der Waals surface area contributed by atoms with Gasteiger partial charge >= 0.3 is 0 Å². The van der Waals surface area contributed by atoms with Crippen molar-refractivity contribution >= 4 is 50.7 Å². The van der Waals surface area contributed by atoms with Crippen molar-refractivity contribution in [3.8, 4) is 0 Å². The van der Waals surface area contributed by atoms with Crippen LogP contribution in [0.2, 0.25) is 0 Å². The quantitative estimate of drug-likeness (QED) is 0.317. The molecule has 3 saturated heterocycles. The Balaban J connectivity index is 1.49. The van der Waals surface area contributed by atoms with Crippen molar-refractivity contribution in [2.45, 2.75) is 69.2 Å². The molecule has 3 fully saturated rings. The third-order valence-electron chi connectivity index (χ3n) is 8.93. The van der Waals surface area contributed by atoms with E-state index in [1.165, 1.54) is 4.90 Å². The van der Waals surface area contributed by atoms with Gasteiger partial charge in [-0.25, -0.2) is 0 Å². The van der Waals surface area contributed by atoms with Gasteiger partial charge in [-0.05, 0) is 69.0 Å². The van der Waals surface area contributed by atoms with Crippen LogP contribution in [0.15, 0.2) is 54.6 Å². The molecule has 3 unspecified atom stereocenters. The zero-order valence-corrected chi connectivity index (χ0v) is 26.2. The lowest BCUT2D eigenvalue weighted by molar-refractivity contribution is -0.143. The van der Waals surface area contributed by atoms with Gasteiger partial charge in [-0.15, -0.1) is 0 Å². The fourth-order valence-electron chi connectivity index (χ4n) is 7.18. The molecule has 0 saturated carbocycles. The summed E-state index contributed by atoms with van der Waals surface area (Å²) in [5.74, 6) is -2.48. The number of halogens is 1. The lowest BCUT2D eigenvalue weighted by Gasteiger charge is -2.37. The number of hydrogen-bond acceptors (Lipinski definition) is 6. The van der Waals surface area contributed by atoms with Crippen LogP contribution in [-0.4, -0.2) is 76.0 Å². The number of benzene rings is 2. The van der Waals surface area contributed by atoms with E-state index < -0.39 is 35.6 Å². The Labute approximate surface area is 256 Å². The molecule has 42 heavy (non-hydrogen) atoms. The summed E-state index contributed by atoms with van der Waals surface area (Å²) in [5.41, 5.74) is 1.08. The highest BCUT2D eigenvalue weighted by Gasteiger charge is 2.77. The van der Waals surface area contributed by atoms with Crippen molar-refractivity contribution in [2.24, 2.45) is 17.8 Å². The maximum atomic E-state index is 14.3. The number of aliphatic hydroxyl groups excluding tert-OH is 1. The molecule has 10 heteroatoms. The average molecular weight is 642 g/mol. The third-order valence-corrected chi connectivity index (χ3v) is 9.78. The van der Waals surface area contributed by atoms with E-state index in [9.17, 15) is 19.5 Å². The number of aliphatic hydroxyl groups is 1. The summed E-state index contributed by atoms with van der Waals surface area (Å²) < 4.78 is 6.60. The average Bonchev–Trinajstić information content (AvgIpc) is 3.57. The zero-order chi connectivity index (χ0) is 30.2. The standard InChI is InChI=1S/C32H41BrN4O5/c1-5-36(6-2)22-14-12-21(13-15-22)35-30(40)28-32-17-24(33)27(42-32)25(29(39)34-20-10-8-7-9-11-20)26(32)31(41)37(28)23(18-38)16-19(3)4/h7-15,19,23-28,38H,5-6,16-18H2,1-4H3,(H,34,39)(H,35,40)/t23-,24?,25+,26+,27+,28?,32?/m1/s1. The second kappa shape index (κ2) is 12.3. The summed E-state index contributed by atoms with van der Waals surface area (Å²) in [6.45, 7) is 9.66. The van der Waals surface area contributed by atoms with Crippen molar-refractivity contribution in [3.63, 3.8) is 0 Å². The molecular weight excluding hydrogens is 600 g/mol. The number of nitrogens with zero attached hydrogens (tertiary/aromatic N) is 2. The van der Waals surface area contributed by atoms with Gasteiger partial charge in [0.2, 0.25) is 17.7 Å². The van der Waals surface area contributed by atoms with E-state index in [4.69, 9.17) is 4.74 Å². The molecule has 3 aliphatic heterocycles. The van der Waals surface area contributed by atoms with Crippen molar-refractivity contribution in [2.75, 3.05) is 35.2 Å². The second-order valence-corrected chi connectivity index (χ2v) is 13.1. The minimum Gasteiger partial charge on any atom is -0.394 e. The van der Waals surface area contributed by atoms with Crippen molar-refractivity contribution in [3.05, 3.63) is 54.6 Å². The summed E-state index contributed by atoms with van der Waals surface area (Å²) in [4.78, 5) is 45.8. The van der Waals surface area contributed by atoms with Crippen LogP contribution in [0.25, 0.3) is 0 Å². The first-order valence-electron chi connectivity index (χ1n) is 14.9. The first kappa shape index (κ1) is 30.5. The van der Waals surface area contributed by atoms with Gasteiger partial charge < -0.3 is 30.3 Å². The highest BCUT2D eigenvalue weighted by molar-refractivity contribution is 9.09. The maximum absolute atomic E-state index is 14.3. The number of hydrogen-bond donors (Lipinski definition) is 3. The Hall–Kier alpha value is -2.95. The predicted molar refractivity (Wildman–Crippen MR) is 167 cm³/mol. The van der Waals surface area contributed by atoms with Crippen molar-refractivity contribution in [1.29, 1.82) is 0 Å². The number of carbonyl (C=O) groups excluding carboxylic acids is 3. The number of alkyl halides is 1. The molecule has 3 aliphatic rings. The highest BCUT2D eigenvalue weighted by Crippen LogP contribution is 2.60. The third kappa shape index (κ3) is 5.33. The molecule has 2 aromatic rings. The molecule has 0 aliphatic carbocycles. The number of para-hydroxylation sites is 1. The molecule has 9 nitrogen and oxygen atoms in total. The molecule has 5 rings (SSSR count). The predicted octanol–water partition coefficient (Wildman–Crippen LogP) is 4.27. The van der Waals surface area contributed by atoms with E-state index >= 15 is 0 Å². The molecule has 0 aromatic heterocycles. The summed E-state index contributed by atoms with van der Waals surface area (Å²) in [5, 5.41) is 16.4. The van der Waals surface area contributed by atoms with Crippen LogP contribution in [0.4, 0.5) is 17.1 Å². The van der Waals surface area contributed by atoms with Crippen LogP contribution < -0.4 is 15.5 Å². The summed E-state index contributed by atoms with van der Waals surface area (Å²) >= 11 is 3.71. The highest BCUT2D eigenvalue weighted by atomic mass is 79.9. The van der Waals surface area contributed by atoms with Gasteiger partial charge in [0.15, 0.2) is 0 Å². The first-order valence-corrected chi connectivity index (χ1v) is 15.8. The van der Waals surface area contributed by atoms with Crippen LogP contribution in [0, 0.1) is 17.8 Å². The monoisotopic (exact) mass is 640 g/mol. The molecule has 3 N–H and O–H groups in total. The van der Waals surface area contributed by atoms with Crippen molar-refractivity contribution in [1.82, 2.24) is 4.90 Å². The van der Waals surface area contributed by atoms with Gasteiger partial charge in [0.25, 0.3) is 0 Å². The van der Waals surface area contributed by atoms with E-state index in [2.05, 4.69) is 45.3 Å². The Morgan fingerprint density at radius 3 is 2.26 bits per heavy atom. The number of nitrogens with one attached hydrogen (secondary N) is 2. The van der Waals surface area contributed by atoms with Gasteiger partial charge in [0.1, 0.15) is 11.6 Å². The smallest absolute Gasteiger partial charge is 0.250 e. The number of likely N-dealkylation sites (tertiary alicyclic amines) is 1. The van der Waals surface area contributed by atoms with E-state index in [0.717, 1.165) is 18.8 Å². The molecule has 7 atom stereocenters. The van der Waals surface area contributed by atoms with Crippen LogP contribution in [-0.2, 0) is 19.1 Å². The molecule has 2 aromatic carbocycles. The van der Waals surface area contributed by atoms with Crippen LogP contribution in [0.5, 0.6) is 0 Å². The Morgan fingerprint density at radius 1 is 1.05 bits per heavy atom. The number of amides is 3. The minimum atomic E-state index is -1.20. The fraction of sp³-hybridized carbons (Fsp3) is 0.531. The number of fused-ring (bicyclic) bond motifs is 1. The van der Waals surface area contributed by atoms with Gasteiger partial charge in [-0.1, -0.05) is 48.0 Å². The fourth-order valence-corrected chi connectivity index (χ4v) is 8.12. The van der Waals surface area contributed by atoms with Crippen molar-refractivity contribution < 1.29 is 24.2 Å². The van der Waals surface area contributed by atoms with E-state index in [1.54, 1.807) is 12.1 Å². The topological polar surface area (TPSA) is 111 Å². The molecule has 0 radical (unpaired) electrons. The Kier molecular flexibility index (Phi) is 8.97. The summed E-state index contributed by atoms with van der Waals surface area (Å²) in [6.07, 6.45) is 0.347. The minimum absolute atomic E-state index is 0.169. The van der Waals surface area contributed by atoms with Crippen LogP contribution >= 0.6 is 15.9 Å². The molecule has 3 heterocycles. The number of rotatable bonds is 11. The largest absolute Gasteiger partial charge is 0.394 e. The molecule has 1 spiro atoms. The molecular formula is C32H41BrN4O5. The zero-order valence-electron chi connectivity index (χ0n) is 24.6. The molecule has 226 valence electrons. The summed E-state index contributed by atoms with van der Waals surface area (Å²) in [6, 6.07) is 15.2. The van der Waals surface area contributed by atoms with Gasteiger partial charge in [0, 0.05) is 35.0 Å².